The summed E-state index contributed by atoms with van der Waals surface area (Å²) in [5.74, 6) is 0.989. The number of aromatic nitrogens is 3. The Morgan fingerprint density at radius 3 is 2.88 bits per heavy atom. The molecule has 0 radical (unpaired) electrons. The molecule has 3 heterocycles. The number of rotatable bonds is 3. The molecule has 2 aliphatic rings. The third kappa shape index (κ3) is 2.24. The van der Waals surface area contributed by atoms with Gasteiger partial charge in [0.25, 0.3) is 0 Å². The van der Waals surface area contributed by atoms with Gasteiger partial charge in [-0.1, -0.05) is 0 Å². The minimum atomic E-state index is 0.306. The van der Waals surface area contributed by atoms with E-state index in [0.717, 1.165) is 45.0 Å². The van der Waals surface area contributed by atoms with E-state index in [-0.39, 0.29) is 0 Å². The van der Waals surface area contributed by atoms with Crippen LogP contribution < -0.4 is 4.90 Å². The molecule has 2 saturated heterocycles. The predicted molar refractivity (Wildman–Crippen MR) is 67.8 cm³/mol. The van der Waals surface area contributed by atoms with Gasteiger partial charge in [-0.05, 0) is 37.9 Å². The zero-order valence-electron chi connectivity index (χ0n) is 9.89. The Morgan fingerprint density at radius 1 is 1.35 bits per heavy atom. The molecule has 1 atom stereocenters. The van der Waals surface area contributed by atoms with Crippen LogP contribution in [-0.2, 0) is 11.3 Å². The Morgan fingerprint density at radius 2 is 2.18 bits per heavy atom. The largest absolute Gasteiger partial charge is 0.376 e. The lowest BCUT2D eigenvalue weighted by atomic mass is 10.2. The van der Waals surface area contributed by atoms with Crippen molar-refractivity contribution in [2.24, 2.45) is 0 Å². The number of nitrogens with one attached hydrogen (secondary N) is 1. The van der Waals surface area contributed by atoms with Gasteiger partial charge in [0.05, 0.1) is 12.6 Å². The third-order valence-corrected chi connectivity index (χ3v) is 3.85. The van der Waals surface area contributed by atoms with E-state index in [2.05, 4.69) is 19.7 Å². The zero-order valence-corrected chi connectivity index (χ0v) is 10.7. The number of nitrogens with zero attached hydrogens (tertiary/aromatic N) is 3. The first-order chi connectivity index (χ1) is 8.34. The summed E-state index contributed by atoms with van der Waals surface area (Å²) in [7, 11) is 0. The fourth-order valence-electron chi connectivity index (χ4n) is 2.62. The second kappa shape index (κ2) is 4.78. The highest BCUT2D eigenvalue weighted by Gasteiger charge is 2.22. The van der Waals surface area contributed by atoms with Crippen molar-refractivity contribution in [3.8, 4) is 0 Å². The smallest absolute Gasteiger partial charge is 0.225 e. The summed E-state index contributed by atoms with van der Waals surface area (Å²) in [6.07, 6.45) is 5.10. The number of hydrogen-bond acceptors (Lipinski definition) is 4. The second-order valence-corrected chi connectivity index (χ2v) is 5.16. The lowest BCUT2D eigenvalue weighted by Gasteiger charge is -2.19. The summed E-state index contributed by atoms with van der Waals surface area (Å²) in [4.78, 5) is 2.31. The van der Waals surface area contributed by atoms with Gasteiger partial charge in [-0.2, -0.15) is 0 Å². The SMILES string of the molecule is S=c1[nH]nc(N2CCCC2)n1CC1CCCO1. The Balaban J connectivity index is 1.81. The van der Waals surface area contributed by atoms with E-state index in [4.69, 9.17) is 17.0 Å². The maximum Gasteiger partial charge on any atom is 0.225 e. The van der Waals surface area contributed by atoms with Crippen LogP contribution in [0.15, 0.2) is 0 Å². The minimum Gasteiger partial charge on any atom is -0.376 e. The maximum atomic E-state index is 5.67. The topological polar surface area (TPSA) is 46.1 Å². The molecule has 0 spiro atoms. The Kier molecular flexibility index (Phi) is 3.15. The van der Waals surface area contributed by atoms with Gasteiger partial charge in [0.1, 0.15) is 0 Å². The number of ether oxygens (including phenoxy) is 1. The Hall–Kier alpha value is -0.880. The average Bonchev–Trinajstić information content (AvgIpc) is 3.03. The van der Waals surface area contributed by atoms with Crippen molar-refractivity contribution in [3.05, 3.63) is 4.77 Å². The van der Waals surface area contributed by atoms with E-state index in [1.807, 2.05) is 0 Å². The summed E-state index contributed by atoms with van der Waals surface area (Å²) in [6, 6.07) is 0. The summed E-state index contributed by atoms with van der Waals surface area (Å²) in [5, 5.41) is 7.26. The van der Waals surface area contributed by atoms with Crippen molar-refractivity contribution >= 4 is 18.2 Å². The lowest BCUT2D eigenvalue weighted by molar-refractivity contribution is 0.0969. The molecular formula is C11H18N4OS. The van der Waals surface area contributed by atoms with Crippen LogP contribution in [0.3, 0.4) is 0 Å². The van der Waals surface area contributed by atoms with Crippen molar-refractivity contribution < 1.29 is 4.74 Å². The molecule has 1 N–H and O–H groups in total. The van der Waals surface area contributed by atoms with Gasteiger partial charge in [0.15, 0.2) is 4.77 Å². The monoisotopic (exact) mass is 254 g/mol. The van der Waals surface area contributed by atoms with Crippen LogP contribution in [0.25, 0.3) is 0 Å². The lowest BCUT2D eigenvalue weighted by Crippen LogP contribution is -2.25. The highest BCUT2D eigenvalue weighted by atomic mass is 32.1. The zero-order chi connectivity index (χ0) is 11.7. The van der Waals surface area contributed by atoms with Crippen molar-refractivity contribution in [1.29, 1.82) is 0 Å². The Labute approximate surface area is 106 Å². The first-order valence-corrected chi connectivity index (χ1v) is 6.77. The van der Waals surface area contributed by atoms with Gasteiger partial charge in [0, 0.05) is 19.7 Å². The molecule has 5 nitrogen and oxygen atoms in total. The van der Waals surface area contributed by atoms with Gasteiger partial charge in [-0.15, -0.1) is 5.10 Å². The fourth-order valence-corrected chi connectivity index (χ4v) is 2.83. The molecule has 1 aromatic rings. The van der Waals surface area contributed by atoms with E-state index in [0.29, 0.717) is 10.9 Å². The van der Waals surface area contributed by atoms with Crippen LogP contribution in [0.5, 0.6) is 0 Å². The molecule has 6 heteroatoms. The van der Waals surface area contributed by atoms with Crippen LogP contribution >= 0.6 is 12.2 Å². The summed E-state index contributed by atoms with van der Waals surface area (Å²) in [5.41, 5.74) is 0. The van der Waals surface area contributed by atoms with E-state index < -0.39 is 0 Å². The summed E-state index contributed by atoms with van der Waals surface area (Å²) < 4.78 is 8.48. The standard InChI is InChI=1S/C11H18N4OS/c17-11-13-12-10(14-5-1-2-6-14)15(11)8-9-4-3-7-16-9/h9H,1-8H2,(H,13,17). The van der Waals surface area contributed by atoms with E-state index in [1.54, 1.807) is 0 Å². The molecule has 2 aliphatic heterocycles. The third-order valence-electron chi connectivity index (χ3n) is 3.54. The van der Waals surface area contributed by atoms with Crippen LogP contribution in [0, 0.1) is 4.77 Å². The molecule has 0 amide bonds. The molecule has 0 aliphatic carbocycles. The first kappa shape index (κ1) is 11.2. The second-order valence-electron chi connectivity index (χ2n) is 4.77. The average molecular weight is 254 g/mol. The van der Waals surface area contributed by atoms with E-state index >= 15 is 0 Å². The van der Waals surface area contributed by atoms with E-state index in [9.17, 15) is 0 Å². The number of hydrogen-bond donors (Lipinski definition) is 1. The summed E-state index contributed by atoms with van der Waals surface area (Å²) >= 11 is 5.31. The Bertz CT molecular complexity index is 429. The van der Waals surface area contributed by atoms with Crippen molar-refractivity contribution in [2.45, 2.75) is 38.3 Å². The number of anilines is 1. The minimum absolute atomic E-state index is 0.306. The number of H-pyrrole nitrogens is 1. The molecule has 0 aromatic carbocycles. The van der Waals surface area contributed by atoms with Gasteiger partial charge >= 0.3 is 0 Å². The predicted octanol–water partition coefficient (Wildman–Crippen LogP) is 1.72. The fraction of sp³-hybridized carbons (Fsp3) is 0.818. The van der Waals surface area contributed by atoms with Gasteiger partial charge in [-0.25, -0.2) is 5.10 Å². The van der Waals surface area contributed by atoms with Gasteiger partial charge in [0.2, 0.25) is 5.95 Å². The normalized spacial score (nSPS) is 24.7. The van der Waals surface area contributed by atoms with E-state index in [1.165, 1.54) is 12.8 Å². The van der Waals surface area contributed by atoms with Crippen LogP contribution in [0.4, 0.5) is 5.95 Å². The highest BCUT2D eigenvalue weighted by molar-refractivity contribution is 7.71. The van der Waals surface area contributed by atoms with Gasteiger partial charge in [-0.3, -0.25) is 4.57 Å². The molecule has 1 unspecified atom stereocenters. The molecule has 3 rings (SSSR count). The first-order valence-electron chi connectivity index (χ1n) is 6.36. The molecule has 0 saturated carbocycles. The van der Waals surface area contributed by atoms with Crippen LogP contribution in [0.1, 0.15) is 25.7 Å². The maximum absolute atomic E-state index is 5.67. The van der Waals surface area contributed by atoms with Crippen molar-refractivity contribution in [3.63, 3.8) is 0 Å². The molecule has 94 valence electrons. The quantitative estimate of drug-likeness (QED) is 0.834. The molecular weight excluding hydrogens is 236 g/mol. The van der Waals surface area contributed by atoms with Crippen molar-refractivity contribution in [1.82, 2.24) is 14.8 Å². The summed E-state index contributed by atoms with van der Waals surface area (Å²) in [6.45, 7) is 3.90. The van der Waals surface area contributed by atoms with Crippen molar-refractivity contribution in [2.75, 3.05) is 24.6 Å². The molecule has 2 fully saturated rings. The molecule has 17 heavy (non-hydrogen) atoms. The van der Waals surface area contributed by atoms with Gasteiger partial charge < -0.3 is 9.64 Å². The molecule has 1 aromatic heterocycles. The van der Waals surface area contributed by atoms with Crippen LogP contribution in [0.2, 0.25) is 0 Å². The molecule has 0 bridgehead atoms. The van der Waals surface area contributed by atoms with Crippen LogP contribution in [-0.4, -0.2) is 40.6 Å². The number of aromatic amines is 1. The highest BCUT2D eigenvalue weighted by Crippen LogP contribution is 2.21.